The summed E-state index contributed by atoms with van der Waals surface area (Å²) in [6, 6.07) is 10.2. The summed E-state index contributed by atoms with van der Waals surface area (Å²) in [5.41, 5.74) is 7.84. The van der Waals surface area contributed by atoms with Crippen molar-refractivity contribution in [2.45, 2.75) is 6.54 Å². The highest BCUT2D eigenvalue weighted by molar-refractivity contribution is 5.66. The van der Waals surface area contributed by atoms with Gasteiger partial charge in [-0.2, -0.15) is 4.98 Å². The van der Waals surface area contributed by atoms with Crippen molar-refractivity contribution in [2.75, 3.05) is 42.3 Å². The molecule has 1 aliphatic rings. The van der Waals surface area contributed by atoms with E-state index in [1.54, 1.807) is 6.20 Å². The molecule has 0 amide bonds. The molecule has 1 saturated heterocycles. The van der Waals surface area contributed by atoms with E-state index in [4.69, 9.17) is 10.5 Å². The standard InChI is InChI=1S/C15H19N5O/c16-15-18-11-13(17-10-12-4-2-1-3-5-12)14(19-15)20-6-8-21-9-7-20/h1-5,11,17H,6-10H2,(H2,16,18,19). The number of nitrogens with two attached hydrogens (primary N) is 1. The number of anilines is 3. The van der Waals surface area contributed by atoms with E-state index >= 15 is 0 Å². The molecule has 3 rings (SSSR count). The molecule has 21 heavy (non-hydrogen) atoms. The Kier molecular flexibility index (Phi) is 4.16. The third-order valence-electron chi connectivity index (χ3n) is 3.42. The number of nitrogen functional groups attached to an aromatic ring is 1. The Morgan fingerprint density at radius 3 is 2.71 bits per heavy atom. The van der Waals surface area contributed by atoms with Crippen LogP contribution in [0.15, 0.2) is 36.5 Å². The maximum atomic E-state index is 5.73. The molecule has 0 spiro atoms. The summed E-state index contributed by atoms with van der Waals surface area (Å²) in [5, 5.41) is 3.39. The van der Waals surface area contributed by atoms with Gasteiger partial charge in [0.1, 0.15) is 0 Å². The zero-order valence-corrected chi connectivity index (χ0v) is 11.8. The van der Waals surface area contributed by atoms with Crippen molar-refractivity contribution < 1.29 is 4.74 Å². The molecule has 2 heterocycles. The van der Waals surface area contributed by atoms with Crippen LogP contribution >= 0.6 is 0 Å². The van der Waals surface area contributed by atoms with Crippen LogP contribution in [-0.2, 0) is 11.3 Å². The molecule has 0 saturated carbocycles. The van der Waals surface area contributed by atoms with Crippen molar-refractivity contribution in [1.82, 2.24) is 9.97 Å². The maximum Gasteiger partial charge on any atom is 0.222 e. The van der Waals surface area contributed by atoms with Gasteiger partial charge in [-0.05, 0) is 5.56 Å². The van der Waals surface area contributed by atoms with E-state index in [1.165, 1.54) is 5.56 Å². The minimum atomic E-state index is 0.293. The zero-order chi connectivity index (χ0) is 14.5. The molecule has 0 radical (unpaired) electrons. The summed E-state index contributed by atoms with van der Waals surface area (Å²) < 4.78 is 5.38. The third-order valence-corrected chi connectivity index (χ3v) is 3.42. The highest BCUT2D eigenvalue weighted by Crippen LogP contribution is 2.24. The van der Waals surface area contributed by atoms with Gasteiger partial charge in [0.25, 0.3) is 0 Å². The minimum absolute atomic E-state index is 0.293. The highest BCUT2D eigenvalue weighted by atomic mass is 16.5. The molecular weight excluding hydrogens is 266 g/mol. The minimum Gasteiger partial charge on any atom is -0.378 e. The van der Waals surface area contributed by atoms with Crippen molar-refractivity contribution in [2.24, 2.45) is 0 Å². The smallest absolute Gasteiger partial charge is 0.222 e. The molecule has 6 heteroatoms. The Balaban J connectivity index is 1.77. The molecule has 1 aromatic carbocycles. The quantitative estimate of drug-likeness (QED) is 0.886. The fourth-order valence-corrected chi connectivity index (χ4v) is 2.32. The van der Waals surface area contributed by atoms with Crippen LogP contribution in [0.5, 0.6) is 0 Å². The lowest BCUT2D eigenvalue weighted by Crippen LogP contribution is -2.37. The van der Waals surface area contributed by atoms with E-state index in [1.807, 2.05) is 18.2 Å². The lowest BCUT2D eigenvalue weighted by atomic mass is 10.2. The Hall–Kier alpha value is -2.34. The first kappa shape index (κ1) is 13.6. The van der Waals surface area contributed by atoms with Crippen LogP contribution in [0.2, 0.25) is 0 Å². The molecule has 2 aromatic rings. The van der Waals surface area contributed by atoms with Crippen LogP contribution < -0.4 is 16.0 Å². The third kappa shape index (κ3) is 3.41. The molecule has 1 aliphatic heterocycles. The number of nitrogens with one attached hydrogen (secondary N) is 1. The average molecular weight is 285 g/mol. The number of hydrogen-bond acceptors (Lipinski definition) is 6. The first-order chi connectivity index (χ1) is 10.3. The Morgan fingerprint density at radius 1 is 1.19 bits per heavy atom. The van der Waals surface area contributed by atoms with Gasteiger partial charge in [0.15, 0.2) is 5.82 Å². The maximum absolute atomic E-state index is 5.73. The molecule has 0 atom stereocenters. The van der Waals surface area contributed by atoms with Crippen molar-refractivity contribution in [3.63, 3.8) is 0 Å². The van der Waals surface area contributed by atoms with Crippen molar-refractivity contribution in [3.8, 4) is 0 Å². The fraction of sp³-hybridized carbons (Fsp3) is 0.333. The number of ether oxygens (including phenoxy) is 1. The van der Waals surface area contributed by atoms with Crippen LogP contribution in [0.4, 0.5) is 17.5 Å². The lowest BCUT2D eigenvalue weighted by Gasteiger charge is -2.29. The predicted molar refractivity (Wildman–Crippen MR) is 83.2 cm³/mol. The number of rotatable bonds is 4. The summed E-state index contributed by atoms with van der Waals surface area (Å²) >= 11 is 0. The van der Waals surface area contributed by atoms with Gasteiger partial charge in [-0.25, -0.2) is 4.98 Å². The highest BCUT2D eigenvalue weighted by Gasteiger charge is 2.17. The van der Waals surface area contributed by atoms with Crippen molar-refractivity contribution >= 4 is 17.5 Å². The molecule has 110 valence electrons. The summed E-state index contributed by atoms with van der Waals surface area (Å²) in [5.74, 6) is 1.14. The van der Waals surface area contributed by atoms with E-state index in [-0.39, 0.29) is 0 Å². The van der Waals surface area contributed by atoms with Gasteiger partial charge < -0.3 is 20.7 Å². The first-order valence-corrected chi connectivity index (χ1v) is 7.06. The molecule has 0 aliphatic carbocycles. The number of nitrogens with zero attached hydrogens (tertiary/aromatic N) is 3. The van der Waals surface area contributed by atoms with Crippen LogP contribution in [0.3, 0.4) is 0 Å². The van der Waals surface area contributed by atoms with Gasteiger partial charge in [-0.1, -0.05) is 30.3 Å². The monoisotopic (exact) mass is 285 g/mol. The molecule has 6 nitrogen and oxygen atoms in total. The average Bonchev–Trinajstić information content (AvgIpc) is 2.55. The van der Waals surface area contributed by atoms with Gasteiger partial charge in [-0.3, -0.25) is 0 Å². The van der Waals surface area contributed by atoms with Gasteiger partial charge in [-0.15, -0.1) is 0 Å². The second kappa shape index (κ2) is 6.41. The lowest BCUT2D eigenvalue weighted by molar-refractivity contribution is 0.122. The van der Waals surface area contributed by atoms with Gasteiger partial charge in [0.2, 0.25) is 5.95 Å². The van der Waals surface area contributed by atoms with Crippen LogP contribution in [0, 0.1) is 0 Å². The van der Waals surface area contributed by atoms with Crippen LogP contribution in [0.25, 0.3) is 0 Å². The Labute approximate surface area is 124 Å². The largest absolute Gasteiger partial charge is 0.378 e. The summed E-state index contributed by atoms with van der Waals surface area (Å²) in [6.07, 6.45) is 1.75. The van der Waals surface area contributed by atoms with Gasteiger partial charge in [0.05, 0.1) is 25.1 Å². The number of morpholine rings is 1. The van der Waals surface area contributed by atoms with Crippen LogP contribution in [-0.4, -0.2) is 36.3 Å². The molecule has 1 aromatic heterocycles. The van der Waals surface area contributed by atoms with E-state index in [2.05, 4.69) is 32.3 Å². The molecule has 0 unspecified atom stereocenters. The molecule has 0 bridgehead atoms. The normalized spacial score (nSPS) is 15.0. The van der Waals surface area contributed by atoms with E-state index in [0.29, 0.717) is 19.2 Å². The number of hydrogen-bond donors (Lipinski definition) is 2. The molecule has 1 fully saturated rings. The van der Waals surface area contributed by atoms with Crippen molar-refractivity contribution in [1.29, 1.82) is 0 Å². The zero-order valence-electron chi connectivity index (χ0n) is 11.8. The van der Waals surface area contributed by atoms with E-state index in [9.17, 15) is 0 Å². The van der Waals surface area contributed by atoms with Crippen LogP contribution in [0.1, 0.15) is 5.56 Å². The number of benzene rings is 1. The fourth-order valence-electron chi connectivity index (χ4n) is 2.32. The van der Waals surface area contributed by atoms with Crippen molar-refractivity contribution in [3.05, 3.63) is 42.1 Å². The second-order valence-electron chi connectivity index (χ2n) is 4.90. The summed E-state index contributed by atoms with van der Waals surface area (Å²) in [7, 11) is 0. The predicted octanol–water partition coefficient (Wildman–Crippen LogP) is 1.51. The SMILES string of the molecule is Nc1ncc(NCc2ccccc2)c(N2CCOCC2)n1. The second-order valence-corrected chi connectivity index (χ2v) is 4.90. The van der Waals surface area contributed by atoms with E-state index in [0.717, 1.165) is 31.1 Å². The topological polar surface area (TPSA) is 76.3 Å². The summed E-state index contributed by atoms with van der Waals surface area (Å²) in [4.78, 5) is 10.7. The molecule has 3 N–H and O–H groups in total. The van der Waals surface area contributed by atoms with Gasteiger partial charge in [0, 0.05) is 19.6 Å². The van der Waals surface area contributed by atoms with Gasteiger partial charge >= 0.3 is 0 Å². The first-order valence-electron chi connectivity index (χ1n) is 7.06. The van der Waals surface area contributed by atoms with E-state index < -0.39 is 0 Å². The Morgan fingerprint density at radius 2 is 1.95 bits per heavy atom. The Bertz CT molecular complexity index is 584. The summed E-state index contributed by atoms with van der Waals surface area (Å²) in [6.45, 7) is 3.78. The molecular formula is C15H19N5O. The number of aromatic nitrogens is 2.